The minimum Gasteiger partial charge on any atom is -0.286 e. The van der Waals surface area contributed by atoms with Crippen LogP contribution in [0.25, 0.3) is 0 Å². The van der Waals surface area contributed by atoms with Gasteiger partial charge in [-0.25, -0.2) is 0 Å². The van der Waals surface area contributed by atoms with Crippen LogP contribution in [0.2, 0.25) is 0 Å². The van der Waals surface area contributed by atoms with Gasteiger partial charge in [-0.1, -0.05) is 0 Å². The molecule has 2 heterocycles. The third-order valence-electron chi connectivity index (χ3n) is 1.32. The molecule has 9 heavy (non-hydrogen) atoms. The summed E-state index contributed by atoms with van der Waals surface area (Å²) in [7, 11) is 0. The Labute approximate surface area is 53.3 Å². The number of pyridine rings is 1. The first kappa shape index (κ1) is 4.68. The maximum absolute atomic E-state index is 4.10. The van der Waals surface area contributed by atoms with Gasteiger partial charge in [-0.2, -0.15) is 0 Å². The highest BCUT2D eigenvalue weighted by Crippen LogP contribution is 2.08. The van der Waals surface area contributed by atoms with Crippen LogP contribution in [0.4, 0.5) is 0 Å². The van der Waals surface area contributed by atoms with Crippen LogP contribution in [0.15, 0.2) is 17.3 Å². The van der Waals surface area contributed by atoms with Crippen molar-refractivity contribution >= 4 is 6.21 Å². The summed E-state index contributed by atoms with van der Waals surface area (Å²) in [5.41, 5.74) is 2.08. The van der Waals surface area contributed by atoms with Crippen LogP contribution in [-0.2, 0) is 6.54 Å². The maximum atomic E-state index is 4.10. The average Bonchev–Trinajstić information content (AvgIpc) is 2.33. The fourth-order valence-corrected chi connectivity index (χ4v) is 0.868. The van der Waals surface area contributed by atoms with Crippen molar-refractivity contribution < 1.29 is 0 Å². The van der Waals surface area contributed by atoms with Crippen molar-refractivity contribution in [3.05, 3.63) is 29.6 Å². The second kappa shape index (κ2) is 1.65. The van der Waals surface area contributed by atoms with Gasteiger partial charge < -0.3 is 0 Å². The van der Waals surface area contributed by atoms with Crippen LogP contribution in [0.1, 0.15) is 11.3 Å². The zero-order valence-corrected chi connectivity index (χ0v) is 4.83. The number of aliphatic imine (C=N–C) groups is 1. The summed E-state index contributed by atoms with van der Waals surface area (Å²) in [6.07, 6.45) is 3.55. The van der Waals surface area contributed by atoms with Gasteiger partial charge in [0.1, 0.15) is 0 Å². The van der Waals surface area contributed by atoms with E-state index in [1.54, 1.807) is 12.3 Å². The lowest BCUT2D eigenvalue weighted by atomic mass is 10.2. The van der Waals surface area contributed by atoms with Gasteiger partial charge in [0.05, 0.1) is 12.2 Å². The molecule has 1 aromatic rings. The maximum Gasteiger partial charge on any atom is 0.0818 e. The summed E-state index contributed by atoms with van der Waals surface area (Å²) in [5.74, 6) is 0. The molecule has 0 N–H and O–H groups in total. The van der Waals surface area contributed by atoms with Gasteiger partial charge in [0, 0.05) is 18.0 Å². The van der Waals surface area contributed by atoms with E-state index in [-0.39, 0.29) is 0 Å². The molecule has 0 bridgehead atoms. The molecule has 0 atom stereocenters. The van der Waals surface area contributed by atoms with Crippen molar-refractivity contribution in [2.75, 3.05) is 0 Å². The van der Waals surface area contributed by atoms with Crippen LogP contribution < -0.4 is 0 Å². The molecular formula is C7H5N2. The largest absolute Gasteiger partial charge is 0.286 e. The summed E-state index contributed by atoms with van der Waals surface area (Å²) in [6, 6.07) is 4.84. The van der Waals surface area contributed by atoms with Crippen LogP contribution >= 0.6 is 0 Å². The van der Waals surface area contributed by atoms with Crippen LogP contribution in [0.5, 0.6) is 0 Å². The Kier molecular flexibility index (Phi) is 0.859. The smallest absolute Gasteiger partial charge is 0.0818 e. The molecule has 0 spiro atoms. The standard InChI is InChI=1S/C7H5N2/c1-2-6-4-8-5-7(6)9-3-1/h1,3-4H,5H2. The first-order chi connectivity index (χ1) is 4.47. The lowest BCUT2D eigenvalue weighted by molar-refractivity contribution is 1.02. The third-order valence-corrected chi connectivity index (χ3v) is 1.32. The molecule has 0 saturated heterocycles. The highest BCUT2D eigenvalue weighted by Gasteiger charge is 2.03. The Morgan fingerprint density at radius 1 is 1.56 bits per heavy atom. The van der Waals surface area contributed by atoms with Gasteiger partial charge >= 0.3 is 0 Å². The van der Waals surface area contributed by atoms with E-state index in [0.717, 1.165) is 17.8 Å². The highest BCUT2D eigenvalue weighted by molar-refractivity contribution is 5.82. The summed E-state index contributed by atoms with van der Waals surface area (Å²) < 4.78 is 0. The van der Waals surface area contributed by atoms with E-state index in [0.29, 0.717) is 0 Å². The molecule has 0 aliphatic carbocycles. The van der Waals surface area contributed by atoms with E-state index in [1.807, 2.05) is 6.21 Å². The average molecular weight is 117 g/mol. The number of hydrogen-bond donors (Lipinski definition) is 0. The van der Waals surface area contributed by atoms with E-state index >= 15 is 0 Å². The van der Waals surface area contributed by atoms with E-state index < -0.39 is 0 Å². The van der Waals surface area contributed by atoms with Crippen LogP contribution in [0.3, 0.4) is 0 Å². The highest BCUT2D eigenvalue weighted by atomic mass is 14.8. The monoisotopic (exact) mass is 117 g/mol. The number of rotatable bonds is 0. The number of fused-ring (bicyclic) bond motifs is 1. The molecule has 0 aromatic carbocycles. The molecule has 2 heteroatoms. The lowest BCUT2D eigenvalue weighted by Gasteiger charge is -1.89. The molecular weight excluding hydrogens is 112 g/mol. The van der Waals surface area contributed by atoms with E-state index in [4.69, 9.17) is 0 Å². The number of nitrogens with zero attached hydrogens (tertiary/aromatic N) is 2. The Morgan fingerprint density at radius 3 is 3.44 bits per heavy atom. The quantitative estimate of drug-likeness (QED) is 0.493. The van der Waals surface area contributed by atoms with Gasteiger partial charge in [0.25, 0.3) is 0 Å². The lowest BCUT2D eigenvalue weighted by Crippen LogP contribution is -1.86. The predicted octanol–water partition coefficient (Wildman–Crippen LogP) is 0.814. The van der Waals surface area contributed by atoms with Crippen molar-refractivity contribution in [2.24, 2.45) is 4.99 Å². The van der Waals surface area contributed by atoms with E-state index in [1.165, 1.54) is 0 Å². The molecule has 2 rings (SSSR count). The zero-order chi connectivity index (χ0) is 6.10. The molecule has 0 unspecified atom stereocenters. The molecule has 0 amide bonds. The van der Waals surface area contributed by atoms with Crippen molar-refractivity contribution in [1.29, 1.82) is 0 Å². The van der Waals surface area contributed by atoms with E-state index in [9.17, 15) is 0 Å². The molecule has 1 aliphatic rings. The second-order valence-electron chi connectivity index (χ2n) is 1.92. The SMILES string of the molecule is [c]1ccnc2c1C=NC2. The second-order valence-corrected chi connectivity index (χ2v) is 1.92. The van der Waals surface area contributed by atoms with E-state index in [2.05, 4.69) is 16.0 Å². The van der Waals surface area contributed by atoms with Gasteiger partial charge in [0.2, 0.25) is 0 Å². The fourth-order valence-electron chi connectivity index (χ4n) is 0.868. The van der Waals surface area contributed by atoms with Crippen molar-refractivity contribution in [3.8, 4) is 0 Å². The van der Waals surface area contributed by atoms with Crippen molar-refractivity contribution in [1.82, 2.24) is 4.98 Å². The van der Waals surface area contributed by atoms with Gasteiger partial charge in [-0.05, 0) is 12.1 Å². The first-order valence-corrected chi connectivity index (χ1v) is 2.82. The van der Waals surface area contributed by atoms with Gasteiger partial charge in [0.15, 0.2) is 0 Å². The Hall–Kier alpha value is -1.18. The topological polar surface area (TPSA) is 25.2 Å². The Balaban J connectivity index is 2.63. The molecule has 43 valence electrons. The van der Waals surface area contributed by atoms with Gasteiger partial charge in [-0.15, -0.1) is 0 Å². The van der Waals surface area contributed by atoms with Crippen molar-refractivity contribution in [3.63, 3.8) is 0 Å². The summed E-state index contributed by atoms with van der Waals surface area (Å²) in [4.78, 5) is 8.14. The Bertz CT molecular complexity index is 253. The normalized spacial score (nSPS) is 13.8. The molecule has 2 nitrogen and oxygen atoms in total. The fraction of sp³-hybridized carbons (Fsp3) is 0.143. The van der Waals surface area contributed by atoms with Crippen LogP contribution in [-0.4, -0.2) is 11.2 Å². The van der Waals surface area contributed by atoms with Crippen LogP contribution in [0, 0.1) is 6.07 Å². The molecule has 0 saturated carbocycles. The number of aromatic nitrogens is 1. The molecule has 0 fully saturated rings. The summed E-state index contributed by atoms with van der Waals surface area (Å²) in [5, 5.41) is 0. The predicted molar refractivity (Wildman–Crippen MR) is 34.4 cm³/mol. The first-order valence-electron chi connectivity index (χ1n) is 2.82. The number of hydrogen-bond acceptors (Lipinski definition) is 2. The minimum atomic E-state index is 0.729. The summed E-state index contributed by atoms with van der Waals surface area (Å²) >= 11 is 0. The minimum absolute atomic E-state index is 0.729. The van der Waals surface area contributed by atoms with Crippen molar-refractivity contribution in [2.45, 2.75) is 6.54 Å². The zero-order valence-electron chi connectivity index (χ0n) is 4.83. The third kappa shape index (κ3) is 0.633. The molecule has 1 aromatic heterocycles. The molecule has 1 aliphatic heterocycles. The molecule has 1 radical (unpaired) electrons. The van der Waals surface area contributed by atoms with Gasteiger partial charge in [-0.3, -0.25) is 9.98 Å². The Morgan fingerprint density at radius 2 is 2.56 bits per heavy atom. The summed E-state index contributed by atoms with van der Waals surface area (Å²) in [6.45, 7) is 0.729.